The molecule has 3 aromatic carbocycles. The SMILES string of the molecule is C=CC[NH2+]CC(=O)N1C(NC(=O)NCc2ccccc2)CN(Cc2cccc(N)c2N(CC(=O)NCCOC)NC)C(=O)C1Cc1ccc(O)cc1. The molecule has 1 aliphatic heterocycles. The Morgan fingerprint density at radius 3 is 2.50 bits per heavy atom. The molecule has 9 N–H and O–H groups in total. The van der Waals surface area contributed by atoms with E-state index in [2.05, 4.69) is 28.0 Å². The van der Waals surface area contributed by atoms with Crippen molar-refractivity contribution in [3.8, 4) is 5.75 Å². The van der Waals surface area contributed by atoms with E-state index in [0.29, 0.717) is 42.2 Å². The van der Waals surface area contributed by atoms with Crippen molar-refractivity contribution in [3.05, 3.63) is 102 Å². The van der Waals surface area contributed by atoms with Crippen molar-refractivity contribution >= 4 is 35.1 Å². The fourth-order valence-corrected chi connectivity index (χ4v) is 6.03. The number of phenols is 1. The lowest BCUT2D eigenvalue weighted by Gasteiger charge is -2.46. The van der Waals surface area contributed by atoms with Crippen molar-refractivity contribution in [1.29, 1.82) is 0 Å². The number of nitrogens with zero attached hydrogens (tertiary/aromatic N) is 3. The number of quaternary nitrogens is 1. The van der Waals surface area contributed by atoms with Crippen LogP contribution in [0.25, 0.3) is 0 Å². The number of methoxy groups -OCH3 is 1. The molecule has 1 aliphatic rings. The number of hydrogen-bond donors (Lipinski definition) is 7. The van der Waals surface area contributed by atoms with Crippen molar-refractivity contribution in [2.24, 2.45) is 0 Å². The van der Waals surface area contributed by atoms with Gasteiger partial charge in [0.1, 0.15) is 24.5 Å². The lowest BCUT2D eigenvalue weighted by atomic mass is 9.98. The maximum absolute atomic E-state index is 14.5. The zero-order valence-electron chi connectivity index (χ0n) is 29.7. The number of hydrazine groups is 1. The third-order valence-corrected chi connectivity index (χ3v) is 8.54. The van der Waals surface area contributed by atoms with Crippen LogP contribution in [0.4, 0.5) is 16.2 Å². The molecule has 0 radical (unpaired) electrons. The number of carbonyl (C=O) groups excluding carboxylic acids is 4. The summed E-state index contributed by atoms with van der Waals surface area (Å²) in [4.78, 5) is 57.7. The summed E-state index contributed by atoms with van der Waals surface area (Å²) in [5, 5.41) is 21.9. The average molecular weight is 717 g/mol. The summed E-state index contributed by atoms with van der Waals surface area (Å²) in [6.45, 7) is 5.15. The second kappa shape index (κ2) is 19.7. The topological polar surface area (TPSA) is 198 Å². The van der Waals surface area contributed by atoms with E-state index in [1.54, 1.807) is 59.7 Å². The van der Waals surface area contributed by atoms with Crippen LogP contribution < -0.4 is 37.4 Å². The highest BCUT2D eigenvalue weighted by Gasteiger charge is 2.44. The molecule has 2 unspecified atom stereocenters. The number of carbonyl (C=O) groups is 4. The van der Waals surface area contributed by atoms with Crippen LogP contribution in [0, 0.1) is 0 Å². The smallest absolute Gasteiger partial charge is 0.316 e. The normalized spacial score (nSPS) is 15.5. The van der Waals surface area contributed by atoms with E-state index in [1.165, 1.54) is 17.0 Å². The van der Waals surface area contributed by atoms with E-state index in [0.717, 1.165) is 5.56 Å². The van der Waals surface area contributed by atoms with Gasteiger partial charge in [0.15, 0.2) is 6.54 Å². The molecule has 4 rings (SSSR count). The number of rotatable bonds is 18. The number of anilines is 2. The second-order valence-electron chi connectivity index (χ2n) is 12.3. The van der Waals surface area contributed by atoms with Crippen LogP contribution in [-0.2, 0) is 38.6 Å². The lowest BCUT2D eigenvalue weighted by Crippen LogP contribution is -2.87. The number of benzene rings is 3. The molecule has 0 aliphatic carbocycles. The van der Waals surface area contributed by atoms with E-state index in [1.807, 2.05) is 36.4 Å². The molecular formula is C37H50N9O6+. The quantitative estimate of drug-likeness (QED) is 0.0411. The van der Waals surface area contributed by atoms with Crippen LogP contribution in [0.2, 0.25) is 0 Å². The number of piperazine rings is 1. The van der Waals surface area contributed by atoms with Gasteiger partial charge in [-0.25, -0.2) is 10.2 Å². The summed E-state index contributed by atoms with van der Waals surface area (Å²) < 4.78 is 5.03. The molecular weight excluding hydrogens is 666 g/mol. The Kier molecular flexibility index (Phi) is 14.8. The molecule has 15 heteroatoms. The first kappa shape index (κ1) is 39.2. The molecule has 5 amide bonds. The van der Waals surface area contributed by atoms with E-state index in [4.69, 9.17) is 10.5 Å². The zero-order valence-corrected chi connectivity index (χ0v) is 29.7. The van der Waals surface area contributed by atoms with E-state index < -0.39 is 18.2 Å². The van der Waals surface area contributed by atoms with Crippen molar-refractivity contribution in [2.45, 2.75) is 31.7 Å². The van der Waals surface area contributed by atoms with Gasteiger partial charge in [-0.15, -0.1) is 0 Å². The summed E-state index contributed by atoms with van der Waals surface area (Å²) in [5.74, 6) is -0.874. The Labute approximate surface area is 304 Å². The zero-order chi connectivity index (χ0) is 37.5. The Balaban J connectivity index is 1.68. The van der Waals surface area contributed by atoms with Crippen molar-refractivity contribution in [3.63, 3.8) is 0 Å². The largest absolute Gasteiger partial charge is 0.508 e. The Bertz CT molecular complexity index is 1660. The highest BCUT2D eigenvalue weighted by Crippen LogP contribution is 2.30. The van der Waals surface area contributed by atoms with Crippen LogP contribution in [0.15, 0.2) is 85.5 Å². The summed E-state index contributed by atoms with van der Waals surface area (Å²) in [5.41, 5.74) is 12.7. The van der Waals surface area contributed by atoms with Gasteiger partial charge in [0.2, 0.25) is 11.8 Å². The van der Waals surface area contributed by atoms with Crippen molar-refractivity contribution in [2.75, 3.05) is 64.2 Å². The van der Waals surface area contributed by atoms with E-state index >= 15 is 0 Å². The minimum atomic E-state index is -1.00. The molecule has 1 saturated heterocycles. The maximum atomic E-state index is 14.5. The standard InChI is InChI=1S/C37H49N9O6/c1-4-17-40-22-34(49)46-31(20-26-13-15-29(47)16-14-26)36(50)44(24-32(46)43-37(51)42-21-27-9-6-5-7-10-27)23-28-11-8-12-30(38)35(28)45(39-2)25-33(48)41-18-19-52-3/h4-16,31-32,39-40,47H,1,17-25,38H2,2-3H3,(H,41,48)(H2,42,43,51)/p+1. The number of amides is 5. The molecule has 0 saturated carbocycles. The number of nitrogen functional groups attached to an aromatic ring is 1. The number of urea groups is 1. The Morgan fingerprint density at radius 2 is 1.81 bits per heavy atom. The molecule has 1 heterocycles. The summed E-state index contributed by atoms with van der Waals surface area (Å²) in [6, 6.07) is 19.6. The number of phenolic OH excluding ortho intramolecular Hbond substituents is 1. The van der Waals surface area contributed by atoms with Crippen LogP contribution in [0.1, 0.15) is 16.7 Å². The highest BCUT2D eigenvalue weighted by atomic mass is 16.5. The number of nitrogens with one attached hydrogen (secondary N) is 4. The molecule has 3 aromatic rings. The molecule has 0 bridgehead atoms. The van der Waals surface area contributed by atoms with Gasteiger partial charge in [-0.2, -0.15) is 0 Å². The average Bonchev–Trinajstić information content (AvgIpc) is 3.13. The third-order valence-electron chi connectivity index (χ3n) is 8.54. The molecule has 0 spiro atoms. The highest BCUT2D eigenvalue weighted by molar-refractivity contribution is 5.91. The minimum Gasteiger partial charge on any atom is -0.508 e. The fourth-order valence-electron chi connectivity index (χ4n) is 6.03. The third kappa shape index (κ3) is 10.9. The van der Waals surface area contributed by atoms with Gasteiger partial charge in [0, 0.05) is 40.2 Å². The lowest BCUT2D eigenvalue weighted by molar-refractivity contribution is -0.635. The first-order chi connectivity index (χ1) is 25.1. The first-order valence-corrected chi connectivity index (χ1v) is 17.1. The number of hydrogen-bond acceptors (Lipinski definition) is 9. The number of para-hydroxylation sites is 1. The van der Waals surface area contributed by atoms with Crippen LogP contribution in [0.5, 0.6) is 5.75 Å². The predicted molar refractivity (Wildman–Crippen MR) is 197 cm³/mol. The fraction of sp³-hybridized carbons (Fsp3) is 0.351. The Morgan fingerprint density at radius 1 is 1.06 bits per heavy atom. The van der Waals surface area contributed by atoms with Crippen LogP contribution in [0.3, 0.4) is 0 Å². The molecule has 52 heavy (non-hydrogen) atoms. The van der Waals surface area contributed by atoms with Gasteiger partial charge in [0.05, 0.1) is 31.1 Å². The molecule has 15 nitrogen and oxygen atoms in total. The van der Waals surface area contributed by atoms with Crippen molar-refractivity contribution < 1.29 is 34.3 Å². The number of nitrogens with two attached hydrogens (primary N) is 2. The Hall–Kier alpha value is -5.64. The summed E-state index contributed by atoms with van der Waals surface area (Å²) in [6.07, 6.45) is 0.898. The summed E-state index contributed by atoms with van der Waals surface area (Å²) >= 11 is 0. The number of aromatic hydroxyl groups is 1. The number of ether oxygens (including phenoxy) is 1. The van der Waals surface area contributed by atoms with E-state index in [9.17, 15) is 24.3 Å². The minimum absolute atomic E-state index is 0.0256. The first-order valence-electron chi connectivity index (χ1n) is 17.1. The van der Waals surface area contributed by atoms with Crippen LogP contribution >= 0.6 is 0 Å². The van der Waals surface area contributed by atoms with Gasteiger partial charge in [-0.1, -0.05) is 61.2 Å². The van der Waals surface area contributed by atoms with Gasteiger partial charge in [-0.3, -0.25) is 19.4 Å². The molecule has 278 valence electrons. The van der Waals surface area contributed by atoms with E-state index in [-0.39, 0.29) is 62.6 Å². The maximum Gasteiger partial charge on any atom is 0.316 e. The predicted octanol–water partition coefficient (Wildman–Crippen LogP) is 0.0348. The van der Waals surface area contributed by atoms with Gasteiger partial charge < -0.3 is 46.6 Å². The van der Waals surface area contributed by atoms with Gasteiger partial charge >= 0.3 is 6.03 Å². The van der Waals surface area contributed by atoms with Crippen LogP contribution in [-0.4, -0.2) is 104 Å². The monoisotopic (exact) mass is 716 g/mol. The second-order valence-corrected chi connectivity index (χ2v) is 12.3. The van der Waals surface area contributed by atoms with Gasteiger partial charge in [0.25, 0.3) is 5.91 Å². The molecule has 2 atom stereocenters. The van der Waals surface area contributed by atoms with Crippen molar-refractivity contribution in [1.82, 2.24) is 31.2 Å². The van der Waals surface area contributed by atoms with Gasteiger partial charge in [-0.05, 0) is 41.0 Å². The molecule has 1 fully saturated rings. The molecule has 0 aromatic heterocycles. The summed E-state index contributed by atoms with van der Waals surface area (Å²) in [7, 11) is 3.22.